The molecule has 0 aromatic heterocycles. The zero-order valence-electron chi connectivity index (χ0n) is 9.09. The molecule has 0 saturated carbocycles. The Labute approximate surface area is 113 Å². The predicted octanol–water partition coefficient (Wildman–Crippen LogP) is 3.58. The Hall–Kier alpha value is -0.190. The van der Waals surface area contributed by atoms with Gasteiger partial charge < -0.3 is 5.32 Å². The van der Waals surface area contributed by atoms with Crippen molar-refractivity contribution in [3.8, 4) is 0 Å². The standard InChI is InChI=1S/C11H13BrClNOS/c1-7(6-16-2)14-11(15)8-3-4-10(13)9(12)5-8/h3-5,7H,6H2,1-2H3,(H,14,15). The average molecular weight is 323 g/mol. The summed E-state index contributed by atoms with van der Waals surface area (Å²) in [7, 11) is 0. The lowest BCUT2D eigenvalue weighted by Gasteiger charge is -2.12. The van der Waals surface area contributed by atoms with Crippen molar-refractivity contribution in [2.24, 2.45) is 0 Å². The van der Waals surface area contributed by atoms with Gasteiger partial charge in [-0.15, -0.1) is 0 Å². The fourth-order valence-electron chi connectivity index (χ4n) is 1.24. The first-order valence-corrected chi connectivity index (χ1v) is 7.36. The molecule has 1 aromatic rings. The van der Waals surface area contributed by atoms with E-state index in [1.165, 1.54) is 0 Å². The number of carbonyl (C=O) groups excluding carboxylic acids is 1. The number of hydrogen-bond donors (Lipinski definition) is 1. The summed E-state index contributed by atoms with van der Waals surface area (Å²) in [5.74, 6) is 0.833. The van der Waals surface area contributed by atoms with Gasteiger partial charge in [0, 0.05) is 21.8 Å². The van der Waals surface area contributed by atoms with Crippen LogP contribution in [0.1, 0.15) is 17.3 Å². The average Bonchev–Trinajstić information content (AvgIpc) is 2.22. The minimum atomic E-state index is -0.0704. The normalized spacial score (nSPS) is 12.2. The van der Waals surface area contributed by atoms with Gasteiger partial charge in [-0.1, -0.05) is 11.6 Å². The highest BCUT2D eigenvalue weighted by Gasteiger charge is 2.10. The van der Waals surface area contributed by atoms with E-state index >= 15 is 0 Å². The summed E-state index contributed by atoms with van der Waals surface area (Å²) in [6, 6.07) is 5.31. The summed E-state index contributed by atoms with van der Waals surface area (Å²) in [5.41, 5.74) is 0.615. The number of thioether (sulfide) groups is 1. The molecule has 0 saturated heterocycles. The predicted molar refractivity (Wildman–Crippen MR) is 74.5 cm³/mol. The van der Waals surface area contributed by atoms with Crippen LogP contribution in [-0.2, 0) is 0 Å². The lowest BCUT2D eigenvalue weighted by Crippen LogP contribution is -2.34. The van der Waals surface area contributed by atoms with Crippen LogP contribution in [0.25, 0.3) is 0 Å². The maximum Gasteiger partial charge on any atom is 0.251 e. The van der Waals surface area contributed by atoms with Crippen LogP contribution in [0.2, 0.25) is 5.02 Å². The third kappa shape index (κ3) is 4.00. The number of nitrogens with one attached hydrogen (secondary N) is 1. The van der Waals surface area contributed by atoms with Crippen molar-refractivity contribution in [1.29, 1.82) is 0 Å². The minimum Gasteiger partial charge on any atom is -0.349 e. The Morgan fingerprint density at radius 2 is 2.31 bits per heavy atom. The maximum absolute atomic E-state index is 11.8. The molecule has 0 bridgehead atoms. The highest BCUT2D eigenvalue weighted by atomic mass is 79.9. The molecule has 0 aliphatic rings. The lowest BCUT2D eigenvalue weighted by atomic mass is 10.2. The molecular formula is C11H13BrClNOS. The Kier molecular flexibility index (Phi) is 5.66. The van der Waals surface area contributed by atoms with Crippen LogP contribution in [0, 0.1) is 0 Å². The van der Waals surface area contributed by atoms with E-state index < -0.39 is 0 Å². The molecular weight excluding hydrogens is 310 g/mol. The van der Waals surface area contributed by atoms with Crippen molar-refractivity contribution in [2.75, 3.05) is 12.0 Å². The number of carbonyl (C=O) groups is 1. The molecule has 5 heteroatoms. The van der Waals surface area contributed by atoms with Gasteiger partial charge in [0.1, 0.15) is 0 Å². The Bertz CT molecular complexity index is 386. The van der Waals surface area contributed by atoms with Crippen LogP contribution in [0.15, 0.2) is 22.7 Å². The summed E-state index contributed by atoms with van der Waals surface area (Å²) < 4.78 is 0.735. The van der Waals surface area contributed by atoms with Gasteiger partial charge in [-0.25, -0.2) is 0 Å². The zero-order valence-corrected chi connectivity index (χ0v) is 12.2. The van der Waals surface area contributed by atoms with E-state index in [0.29, 0.717) is 10.6 Å². The molecule has 0 fully saturated rings. The topological polar surface area (TPSA) is 29.1 Å². The van der Waals surface area contributed by atoms with Crippen LogP contribution in [0.5, 0.6) is 0 Å². The number of rotatable bonds is 4. The van der Waals surface area contributed by atoms with Crippen molar-refractivity contribution in [3.63, 3.8) is 0 Å². The first-order valence-electron chi connectivity index (χ1n) is 4.79. The second-order valence-electron chi connectivity index (χ2n) is 3.46. The SMILES string of the molecule is CSCC(C)NC(=O)c1ccc(Cl)c(Br)c1. The van der Waals surface area contributed by atoms with E-state index in [1.54, 1.807) is 30.0 Å². The summed E-state index contributed by atoms with van der Waals surface area (Å²) in [6.07, 6.45) is 2.02. The summed E-state index contributed by atoms with van der Waals surface area (Å²) in [4.78, 5) is 11.8. The summed E-state index contributed by atoms with van der Waals surface area (Å²) >= 11 is 10.9. The van der Waals surface area contributed by atoms with Gasteiger partial charge in [-0.05, 0) is 47.3 Å². The van der Waals surface area contributed by atoms with Crippen molar-refractivity contribution >= 4 is 45.2 Å². The number of hydrogen-bond acceptors (Lipinski definition) is 2. The molecule has 88 valence electrons. The summed E-state index contributed by atoms with van der Waals surface area (Å²) in [5, 5.41) is 3.53. The molecule has 0 spiro atoms. The van der Waals surface area contributed by atoms with Gasteiger partial charge in [0.15, 0.2) is 0 Å². The molecule has 0 radical (unpaired) electrons. The molecule has 1 atom stereocenters. The maximum atomic E-state index is 11.8. The molecule has 1 N–H and O–H groups in total. The molecule has 0 aliphatic heterocycles. The first kappa shape index (κ1) is 13.9. The molecule has 1 unspecified atom stereocenters. The third-order valence-corrected chi connectivity index (χ3v) is 4.02. The fraction of sp³-hybridized carbons (Fsp3) is 0.364. The van der Waals surface area contributed by atoms with Gasteiger partial charge in [0.2, 0.25) is 0 Å². The highest BCUT2D eigenvalue weighted by Crippen LogP contribution is 2.23. The molecule has 1 rings (SSSR count). The van der Waals surface area contributed by atoms with Gasteiger partial charge in [0.25, 0.3) is 5.91 Å². The van der Waals surface area contributed by atoms with E-state index in [1.807, 2.05) is 13.2 Å². The molecule has 16 heavy (non-hydrogen) atoms. The van der Waals surface area contributed by atoms with E-state index in [-0.39, 0.29) is 11.9 Å². The zero-order chi connectivity index (χ0) is 12.1. The Morgan fingerprint density at radius 1 is 1.62 bits per heavy atom. The molecule has 0 aliphatic carbocycles. The minimum absolute atomic E-state index is 0.0704. The lowest BCUT2D eigenvalue weighted by molar-refractivity contribution is 0.0943. The van der Waals surface area contributed by atoms with E-state index in [9.17, 15) is 4.79 Å². The number of benzene rings is 1. The first-order chi connectivity index (χ1) is 7.54. The fourth-order valence-corrected chi connectivity index (χ4v) is 2.32. The second-order valence-corrected chi connectivity index (χ2v) is 5.63. The second kappa shape index (κ2) is 6.52. The van der Waals surface area contributed by atoms with Gasteiger partial charge in [-0.2, -0.15) is 11.8 Å². The van der Waals surface area contributed by atoms with Crippen LogP contribution in [0.4, 0.5) is 0 Å². The van der Waals surface area contributed by atoms with Gasteiger partial charge >= 0.3 is 0 Å². The smallest absolute Gasteiger partial charge is 0.251 e. The van der Waals surface area contributed by atoms with E-state index in [2.05, 4.69) is 21.2 Å². The number of amides is 1. The Balaban J connectivity index is 2.69. The molecule has 2 nitrogen and oxygen atoms in total. The highest BCUT2D eigenvalue weighted by molar-refractivity contribution is 9.10. The largest absolute Gasteiger partial charge is 0.349 e. The number of halogens is 2. The summed E-state index contributed by atoms with van der Waals surface area (Å²) in [6.45, 7) is 1.99. The van der Waals surface area contributed by atoms with Crippen LogP contribution < -0.4 is 5.32 Å². The van der Waals surface area contributed by atoms with Crippen molar-refractivity contribution in [3.05, 3.63) is 33.3 Å². The van der Waals surface area contributed by atoms with Crippen LogP contribution in [-0.4, -0.2) is 24.0 Å². The molecule has 0 heterocycles. The van der Waals surface area contributed by atoms with E-state index in [4.69, 9.17) is 11.6 Å². The van der Waals surface area contributed by atoms with Crippen LogP contribution in [0.3, 0.4) is 0 Å². The van der Waals surface area contributed by atoms with Crippen molar-refractivity contribution in [2.45, 2.75) is 13.0 Å². The molecule has 1 amide bonds. The van der Waals surface area contributed by atoms with Gasteiger partial charge in [-0.3, -0.25) is 4.79 Å². The van der Waals surface area contributed by atoms with Crippen LogP contribution >= 0.6 is 39.3 Å². The Morgan fingerprint density at radius 3 is 2.88 bits per heavy atom. The van der Waals surface area contributed by atoms with Crippen molar-refractivity contribution < 1.29 is 4.79 Å². The van der Waals surface area contributed by atoms with Crippen molar-refractivity contribution in [1.82, 2.24) is 5.32 Å². The quantitative estimate of drug-likeness (QED) is 0.918. The van der Waals surface area contributed by atoms with E-state index in [0.717, 1.165) is 10.2 Å². The monoisotopic (exact) mass is 321 g/mol. The molecule has 1 aromatic carbocycles. The third-order valence-electron chi connectivity index (χ3n) is 1.98. The van der Waals surface area contributed by atoms with Gasteiger partial charge in [0.05, 0.1) is 5.02 Å².